The predicted octanol–water partition coefficient (Wildman–Crippen LogP) is 4.71. The lowest BCUT2D eigenvalue weighted by molar-refractivity contribution is -0.137. The third-order valence-electron chi connectivity index (χ3n) is 10.0. The van der Waals surface area contributed by atoms with Crippen LogP contribution in [0.1, 0.15) is 59.2 Å². The van der Waals surface area contributed by atoms with Gasteiger partial charge in [0.25, 0.3) is 11.5 Å². The summed E-state index contributed by atoms with van der Waals surface area (Å²) < 4.78 is 57.6. The van der Waals surface area contributed by atoms with E-state index in [-0.39, 0.29) is 88.9 Å². The van der Waals surface area contributed by atoms with Gasteiger partial charge in [-0.15, -0.1) is 5.10 Å². The van der Waals surface area contributed by atoms with E-state index in [0.29, 0.717) is 24.6 Å². The molecule has 2 aromatic carbocycles. The first kappa shape index (κ1) is 37.7. The first-order valence-corrected chi connectivity index (χ1v) is 17.7. The number of rotatable bonds is 8. The number of aromatic hydroxyl groups is 1. The van der Waals surface area contributed by atoms with Crippen LogP contribution in [-0.2, 0) is 29.5 Å². The molecule has 2 amide bonds. The van der Waals surface area contributed by atoms with Crippen LogP contribution in [0.5, 0.6) is 5.75 Å². The van der Waals surface area contributed by atoms with Crippen LogP contribution in [0.2, 0.25) is 5.02 Å². The van der Waals surface area contributed by atoms with Crippen LogP contribution in [0.4, 0.5) is 28.9 Å². The molecule has 288 valence electrons. The molecule has 0 spiro atoms. The first-order chi connectivity index (χ1) is 26.1. The Hall–Kier alpha value is -5.62. The van der Waals surface area contributed by atoms with Gasteiger partial charge in [-0.1, -0.05) is 30.7 Å². The van der Waals surface area contributed by atoms with Crippen molar-refractivity contribution < 1.29 is 37.4 Å². The molecular weight excluding hydrogens is 750 g/mol. The maximum absolute atomic E-state index is 15.4. The van der Waals surface area contributed by atoms with E-state index in [0.717, 1.165) is 23.1 Å². The summed E-state index contributed by atoms with van der Waals surface area (Å²) >= 11 is 6.12. The summed E-state index contributed by atoms with van der Waals surface area (Å²) in [7, 11) is 0. The van der Waals surface area contributed by atoms with E-state index >= 15 is 4.39 Å². The fourth-order valence-corrected chi connectivity index (χ4v) is 7.12. The molecule has 7 rings (SSSR count). The number of alkyl halides is 3. The van der Waals surface area contributed by atoms with Crippen molar-refractivity contribution in [2.45, 2.75) is 57.9 Å². The van der Waals surface area contributed by atoms with Crippen molar-refractivity contribution in [3.8, 4) is 17.1 Å². The lowest BCUT2D eigenvalue weighted by atomic mass is 9.75. The summed E-state index contributed by atoms with van der Waals surface area (Å²) in [5.74, 6) is -2.35. The van der Waals surface area contributed by atoms with Crippen LogP contribution in [0.25, 0.3) is 17.2 Å². The molecule has 0 radical (unpaired) electrons. The number of anilines is 2. The molecule has 1 saturated carbocycles. The minimum absolute atomic E-state index is 0.0438. The molecule has 0 bridgehead atoms. The number of piperazine rings is 1. The van der Waals surface area contributed by atoms with E-state index in [1.165, 1.54) is 40.9 Å². The molecule has 3 N–H and O–H groups in total. The highest BCUT2D eigenvalue weighted by molar-refractivity contribution is 6.33. The van der Waals surface area contributed by atoms with Crippen molar-refractivity contribution in [2.24, 2.45) is 0 Å². The number of hydrogen-bond acceptors (Lipinski definition) is 10. The van der Waals surface area contributed by atoms with Crippen molar-refractivity contribution in [1.82, 2.24) is 34.0 Å². The second kappa shape index (κ2) is 14.2. The number of hydrogen-bond donors (Lipinski definition) is 3. The van der Waals surface area contributed by atoms with Gasteiger partial charge in [-0.2, -0.15) is 22.7 Å². The Morgan fingerprint density at radius 3 is 2.40 bits per heavy atom. The third kappa shape index (κ3) is 6.95. The molecule has 0 atom stereocenters. The summed E-state index contributed by atoms with van der Waals surface area (Å²) in [6.45, 7) is 3.40. The zero-order valence-electron chi connectivity index (χ0n) is 29.5. The predicted molar refractivity (Wildman–Crippen MR) is 191 cm³/mol. The van der Waals surface area contributed by atoms with Gasteiger partial charge in [0, 0.05) is 37.3 Å². The zero-order valence-corrected chi connectivity index (χ0v) is 30.2. The molecule has 55 heavy (non-hydrogen) atoms. The molecule has 2 aliphatic rings. The van der Waals surface area contributed by atoms with Gasteiger partial charge in [0.15, 0.2) is 17.3 Å². The fraction of sp³-hybridized carbons (Fsp3) is 0.361. The van der Waals surface area contributed by atoms with Crippen LogP contribution in [-0.4, -0.2) is 82.2 Å². The van der Waals surface area contributed by atoms with Crippen LogP contribution in [0.15, 0.2) is 47.5 Å². The van der Waals surface area contributed by atoms with Crippen LogP contribution >= 0.6 is 11.6 Å². The van der Waals surface area contributed by atoms with Gasteiger partial charge in [-0.3, -0.25) is 14.4 Å². The van der Waals surface area contributed by atoms with Gasteiger partial charge in [0.1, 0.15) is 24.4 Å². The fourth-order valence-electron chi connectivity index (χ4n) is 6.90. The lowest BCUT2D eigenvalue weighted by Gasteiger charge is -2.37. The zero-order chi connectivity index (χ0) is 39.4. The molecule has 19 heteroatoms. The maximum Gasteiger partial charge on any atom is 0.416 e. The maximum atomic E-state index is 15.4. The Morgan fingerprint density at radius 1 is 1.05 bits per heavy atom. The van der Waals surface area contributed by atoms with Gasteiger partial charge in [-0.05, 0) is 56.9 Å². The monoisotopic (exact) mass is 783 g/mol. The summed E-state index contributed by atoms with van der Waals surface area (Å²) in [5.41, 5.74) is -1.98. The Morgan fingerprint density at radius 2 is 1.78 bits per heavy atom. The largest absolute Gasteiger partial charge is 0.504 e. The SMILES string of the molecule is CCc1c(N2CCN(C(=O)c3ncnc(C)c3O)CC2)c(=O)n2nc(-c3ccc(C4(O)CCC4)c(F)c3)nc2n1CC(=O)Nc1ccc(C(F)(F)F)cc1Cl. The van der Waals surface area contributed by atoms with Crippen LogP contribution in [0.3, 0.4) is 0 Å². The lowest BCUT2D eigenvalue weighted by Crippen LogP contribution is -2.51. The summed E-state index contributed by atoms with van der Waals surface area (Å²) in [6.07, 6.45) is -1.67. The summed E-state index contributed by atoms with van der Waals surface area (Å²) in [6, 6.07) is 6.67. The van der Waals surface area contributed by atoms with Gasteiger partial charge in [0.2, 0.25) is 11.7 Å². The molecule has 1 aliphatic heterocycles. The van der Waals surface area contributed by atoms with E-state index < -0.39 is 47.1 Å². The van der Waals surface area contributed by atoms with Crippen LogP contribution < -0.4 is 15.8 Å². The number of halogens is 5. The Labute approximate surface area is 315 Å². The van der Waals surface area contributed by atoms with Crippen LogP contribution in [0, 0.1) is 12.7 Å². The molecule has 2 fully saturated rings. The van der Waals surface area contributed by atoms with E-state index in [2.05, 4.69) is 25.4 Å². The molecule has 1 aliphatic carbocycles. The topological polar surface area (TPSA) is 171 Å². The summed E-state index contributed by atoms with van der Waals surface area (Å²) in [4.78, 5) is 56.8. The second-order valence-electron chi connectivity index (χ2n) is 13.4. The van der Waals surface area contributed by atoms with E-state index in [4.69, 9.17) is 11.6 Å². The number of aryl methyl sites for hydroxylation is 1. The average Bonchev–Trinajstić information content (AvgIpc) is 3.59. The smallest absolute Gasteiger partial charge is 0.416 e. The number of carbonyl (C=O) groups excluding carboxylic acids is 2. The van der Waals surface area contributed by atoms with E-state index in [1.807, 2.05) is 0 Å². The molecular formula is C36H34ClF4N9O5. The molecule has 5 aromatic rings. The second-order valence-corrected chi connectivity index (χ2v) is 13.9. The number of nitrogens with zero attached hydrogens (tertiary/aromatic N) is 8. The average molecular weight is 784 g/mol. The number of nitrogens with one attached hydrogen (secondary N) is 1. The number of aliphatic hydroxyl groups is 1. The molecule has 14 nitrogen and oxygen atoms in total. The van der Waals surface area contributed by atoms with Crippen molar-refractivity contribution >= 4 is 40.6 Å². The Balaban J connectivity index is 1.26. The highest BCUT2D eigenvalue weighted by Crippen LogP contribution is 2.42. The van der Waals surface area contributed by atoms with Gasteiger partial charge in [0.05, 0.1) is 33.3 Å². The highest BCUT2D eigenvalue weighted by Gasteiger charge is 2.39. The molecule has 1 saturated heterocycles. The van der Waals surface area contributed by atoms with Crippen molar-refractivity contribution in [2.75, 3.05) is 36.4 Å². The van der Waals surface area contributed by atoms with E-state index in [1.54, 1.807) is 11.8 Å². The first-order valence-electron chi connectivity index (χ1n) is 17.4. The normalized spacial score (nSPS) is 15.6. The standard InChI is InChI=1S/C36H34ClF4N9O5/c1-3-26-29(47-11-13-48(14-12-47)32(53)28-30(52)19(2)42-18-43-28)33(54)50-34(45-31(46-50)20-5-7-22(24(38)15-20)35(55)9-4-10-35)49(26)17-27(51)44-25-8-6-21(16-23(25)37)36(39,40)41/h5-8,15-16,18,52,55H,3-4,9-14,17H2,1-2H3,(H,44,51). The quantitative estimate of drug-likeness (QED) is 0.187. The number of aromatic nitrogens is 6. The minimum Gasteiger partial charge on any atom is -0.504 e. The Bertz CT molecular complexity index is 2410. The molecule has 4 heterocycles. The Kier molecular flexibility index (Phi) is 9.75. The summed E-state index contributed by atoms with van der Waals surface area (Å²) in [5, 5.41) is 27.8. The van der Waals surface area contributed by atoms with Gasteiger partial charge in [-0.25, -0.2) is 14.4 Å². The number of carbonyl (C=O) groups is 2. The van der Waals surface area contributed by atoms with E-state index in [9.17, 15) is 37.8 Å². The van der Waals surface area contributed by atoms with Crippen molar-refractivity contribution in [1.29, 1.82) is 0 Å². The van der Waals surface area contributed by atoms with Gasteiger partial charge >= 0.3 is 6.18 Å². The minimum atomic E-state index is -4.65. The molecule has 0 unspecified atom stereocenters. The van der Waals surface area contributed by atoms with Crippen molar-refractivity contribution in [3.05, 3.63) is 92.1 Å². The number of fused-ring (bicyclic) bond motifs is 1. The molecule has 3 aromatic heterocycles. The van der Waals surface area contributed by atoms with Crippen molar-refractivity contribution in [3.63, 3.8) is 0 Å². The third-order valence-corrected chi connectivity index (χ3v) is 10.3. The van der Waals surface area contributed by atoms with Gasteiger partial charge < -0.3 is 29.9 Å². The number of amides is 2. The highest BCUT2D eigenvalue weighted by atomic mass is 35.5. The number of benzene rings is 2.